The third kappa shape index (κ3) is 4.51. The van der Waals surface area contributed by atoms with Crippen molar-refractivity contribution in [3.05, 3.63) is 23.8 Å². The van der Waals surface area contributed by atoms with Gasteiger partial charge in [0.2, 0.25) is 5.91 Å². The van der Waals surface area contributed by atoms with E-state index in [-0.39, 0.29) is 37.4 Å². The Labute approximate surface area is 175 Å². The average molecular weight is 419 g/mol. The first-order chi connectivity index (χ1) is 14.4. The van der Waals surface area contributed by atoms with Gasteiger partial charge in [-0.3, -0.25) is 14.5 Å². The van der Waals surface area contributed by atoms with Crippen molar-refractivity contribution in [2.24, 2.45) is 0 Å². The van der Waals surface area contributed by atoms with E-state index in [1.807, 2.05) is 0 Å². The number of imide groups is 1. The zero-order valence-corrected chi connectivity index (χ0v) is 17.4. The van der Waals surface area contributed by atoms with Crippen molar-refractivity contribution in [1.82, 2.24) is 15.5 Å². The molecule has 4 amide bonds. The van der Waals surface area contributed by atoms with Gasteiger partial charge in [0.25, 0.3) is 5.91 Å². The van der Waals surface area contributed by atoms with Crippen LogP contribution in [0.4, 0.5) is 4.79 Å². The van der Waals surface area contributed by atoms with Gasteiger partial charge in [-0.25, -0.2) is 4.79 Å². The van der Waals surface area contributed by atoms with E-state index >= 15 is 0 Å². The molecule has 30 heavy (non-hydrogen) atoms. The monoisotopic (exact) mass is 419 g/mol. The van der Waals surface area contributed by atoms with Gasteiger partial charge in [-0.05, 0) is 37.5 Å². The summed E-state index contributed by atoms with van der Waals surface area (Å²) in [5.74, 6) is 0.631. The van der Waals surface area contributed by atoms with Crippen LogP contribution in [-0.4, -0.2) is 60.7 Å². The molecule has 1 atom stereocenters. The number of ether oxygens (including phenoxy) is 2. The number of nitrogens with one attached hydrogen (secondary N) is 2. The lowest BCUT2D eigenvalue weighted by molar-refractivity contribution is -0.131. The van der Waals surface area contributed by atoms with Gasteiger partial charge in [-0.2, -0.15) is 0 Å². The molecule has 3 N–H and O–H groups in total. The maximum absolute atomic E-state index is 12.6. The Bertz CT molecular complexity index is 806. The molecule has 1 aromatic carbocycles. The Kier molecular flexibility index (Phi) is 6.81. The Morgan fingerprint density at radius 2 is 2.00 bits per heavy atom. The molecule has 1 saturated heterocycles. The first kappa shape index (κ1) is 21.9. The number of nitrogens with zero attached hydrogens (tertiary/aromatic N) is 1. The van der Waals surface area contributed by atoms with Crippen molar-refractivity contribution in [2.45, 2.75) is 50.2 Å². The molecule has 1 aliphatic carbocycles. The van der Waals surface area contributed by atoms with Crippen LogP contribution in [0, 0.1) is 0 Å². The van der Waals surface area contributed by atoms with Crippen molar-refractivity contribution in [1.29, 1.82) is 0 Å². The minimum absolute atomic E-state index is 0.00853. The highest BCUT2D eigenvalue weighted by Gasteiger charge is 2.52. The molecule has 1 spiro atoms. The lowest BCUT2D eigenvalue weighted by Gasteiger charge is -2.20. The number of carbonyl (C=O) groups is 3. The third-order valence-electron chi connectivity index (χ3n) is 5.78. The van der Waals surface area contributed by atoms with Crippen molar-refractivity contribution in [2.75, 3.05) is 27.3 Å². The summed E-state index contributed by atoms with van der Waals surface area (Å²) < 4.78 is 10.4. The number of hydrogen-bond donors (Lipinski definition) is 3. The predicted molar refractivity (Wildman–Crippen MR) is 108 cm³/mol. The average Bonchev–Trinajstić information content (AvgIpc) is 3.31. The molecule has 164 valence electrons. The second-order valence-corrected chi connectivity index (χ2v) is 7.71. The van der Waals surface area contributed by atoms with Gasteiger partial charge in [0, 0.05) is 25.1 Å². The van der Waals surface area contributed by atoms with Gasteiger partial charge in [-0.15, -0.1) is 0 Å². The van der Waals surface area contributed by atoms with E-state index in [1.54, 1.807) is 18.2 Å². The van der Waals surface area contributed by atoms with Crippen LogP contribution >= 0.6 is 0 Å². The second-order valence-electron chi connectivity index (χ2n) is 7.71. The largest absolute Gasteiger partial charge is 0.497 e. The van der Waals surface area contributed by atoms with E-state index in [2.05, 4.69) is 10.6 Å². The number of aliphatic hydroxyl groups excluding tert-OH is 1. The molecule has 0 radical (unpaired) electrons. The van der Waals surface area contributed by atoms with E-state index < -0.39 is 11.6 Å². The summed E-state index contributed by atoms with van der Waals surface area (Å²) >= 11 is 0. The van der Waals surface area contributed by atoms with Gasteiger partial charge in [0.15, 0.2) is 0 Å². The van der Waals surface area contributed by atoms with Crippen molar-refractivity contribution >= 4 is 17.8 Å². The normalized spacial score (nSPS) is 18.4. The maximum atomic E-state index is 12.6. The number of benzene rings is 1. The van der Waals surface area contributed by atoms with Crippen LogP contribution in [0.25, 0.3) is 0 Å². The van der Waals surface area contributed by atoms with Gasteiger partial charge in [-0.1, -0.05) is 12.8 Å². The van der Waals surface area contributed by atoms with E-state index in [9.17, 15) is 19.5 Å². The molecule has 2 fully saturated rings. The summed E-state index contributed by atoms with van der Waals surface area (Å²) in [7, 11) is 3.03. The van der Waals surface area contributed by atoms with Crippen LogP contribution in [0.1, 0.15) is 50.2 Å². The minimum atomic E-state index is -0.966. The molecule has 9 nitrogen and oxygen atoms in total. The highest BCUT2D eigenvalue weighted by atomic mass is 16.5. The summed E-state index contributed by atoms with van der Waals surface area (Å²) in [6, 6.07) is 4.70. The van der Waals surface area contributed by atoms with Crippen LogP contribution in [0.2, 0.25) is 0 Å². The summed E-state index contributed by atoms with van der Waals surface area (Å²) in [5, 5.41) is 15.9. The number of aliphatic hydroxyl groups is 1. The maximum Gasteiger partial charge on any atom is 0.325 e. The van der Waals surface area contributed by atoms with Crippen LogP contribution < -0.4 is 20.1 Å². The lowest BCUT2D eigenvalue weighted by atomic mass is 9.98. The standard InChI is InChI=1S/C21H29N3O6/c1-29-14-7-8-17(30-2)15(12-14)16(25)13-22-18(26)6-5-11-24-19(27)21(23-20(24)28)9-3-4-10-21/h7-8,12,16,25H,3-6,9-11,13H2,1-2H3,(H,22,26)(H,23,28). The predicted octanol–water partition coefficient (Wildman–Crippen LogP) is 1.50. The van der Waals surface area contributed by atoms with E-state index in [0.29, 0.717) is 36.3 Å². The number of urea groups is 1. The highest BCUT2D eigenvalue weighted by Crippen LogP contribution is 2.35. The molecule has 9 heteroatoms. The van der Waals surface area contributed by atoms with Crippen molar-refractivity contribution in [3.8, 4) is 11.5 Å². The zero-order valence-electron chi connectivity index (χ0n) is 17.4. The van der Waals surface area contributed by atoms with E-state index in [4.69, 9.17) is 9.47 Å². The fourth-order valence-electron chi connectivity index (χ4n) is 4.10. The minimum Gasteiger partial charge on any atom is -0.497 e. The first-order valence-corrected chi connectivity index (χ1v) is 10.2. The number of carbonyl (C=O) groups excluding carboxylic acids is 3. The lowest BCUT2D eigenvalue weighted by Crippen LogP contribution is -2.44. The van der Waals surface area contributed by atoms with E-state index in [1.165, 1.54) is 19.1 Å². The molecule has 0 bridgehead atoms. The van der Waals surface area contributed by atoms with Gasteiger partial charge >= 0.3 is 6.03 Å². The van der Waals surface area contributed by atoms with E-state index in [0.717, 1.165) is 12.8 Å². The molecular weight excluding hydrogens is 390 g/mol. The van der Waals surface area contributed by atoms with Crippen LogP contribution in [0.15, 0.2) is 18.2 Å². The van der Waals surface area contributed by atoms with Crippen molar-refractivity contribution < 1.29 is 29.0 Å². The molecule has 1 aliphatic heterocycles. The molecule has 1 heterocycles. The zero-order chi connectivity index (χ0) is 21.7. The Morgan fingerprint density at radius 3 is 2.67 bits per heavy atom. The number of rotatable bonds is 9. The smallest absolute Gasteiger partial charge is 0.325 e. The summed E-state index contributed by atoms with van der Waals surface area (Å²) in [4.78, 5) is 38.1. The topological polar surface area (TPSA) is 117 Å². The third-order valence-corrected chi connectivity index (χ3v) is 5.78. The molecule has 2 aliphatic rings. The molecule has 1 saturated carbocycles. The highest BCUT2D eigenvalue weighted by molar-refractivity contribution is 6.07. The summed E-state index contributed by atoms with van der Waals surface area (Å²) in [6.45, 7) is 0.209. The van der Waals surface area contributed by atoms with Crippen LogP contribution in [0.5, 0.6) is 11.5 Å². The number of hydrogen-bond acceptors (Lipinski definition) is 6. The molecule has 0 aromatic heterocycles. The van der Waals surface area contributed by atoms with Crippen LogP contribution in [0.3, 0.4) is 0 Å². The first-order valence-electron chi connectivity index (χ1n) is 10.2. The molecular formula is C21H29N3O6. The Hall–Kier alpha value is -2.81. The quantitative estimate of drug-likeness (QED) is 0.522. The SMILES string of the molecule is COc1ccc(OC)c(C(O)CNC(=O)CCCN2C(=O)NC3(CCCC3)C2=O)c1. The Morgan fingerprint density at radius 1 is 1.27 bits per heavy atom. The number of amides is 4. The fraction of sp³-hybridized carbons (Fsp3) is 0.571. The molecule has 1 aromatic rings. The second kappa shape index (κ2) is 9.34. The number of methoxy groups -OCH3 is 2. The summed E-state index contributed by atoms with van der Waals surface area (Å²) in [5.41, 5.74) is -0.211. The Balaban J connectivity index is 1.45. The van der Waals surface area contributed by atoms with Gasteiger partial charge in [0.05, 0.1) is 20.3 Å². The van der Waals surface area contributed by atoms with Crippen molar-refractivity contribution in [3.63, 3.8) is 0 Å². The van der Waals surface area contributed by atoms with Gasteiger partial charge < -0.3 is 25.2 Å². The molecule has 3 rings (SSSR count). The van der Waals surface area contributed by atoms with Crippen LogP contribution in [-0.2, 0) is 9.59 Å². The van der Waals surface area contributed by atoms with Gasteiger partial charge in [0.1, 0.15) is 17.0 Å². The molecule has 1 unspecified atom stereocenters. The summed E-state index contributed by atoms with van der Waals surface area (Å²) in [6.07, 6.45) is 2.77. The fourth-order valence-corrected chi connectivity index (χ4v) is 4.10.